The number of carbonyl (C=O) groups is 1. The number of amides is 1. The number of rotatable bonds is 5. The summed E-state index contributed by atoms with van der Waals surface area (Å²) in [6.45, 7) is 0.152. The molecule has 0 bridgehead atoms. The number of benzene rings is 2. The lowest BCUT2D eigenvalue weighted by Crippen LogP contribution is -2.26. The van der Waals surface area contributed by atoms with E-state index in [4.69, 9.17) is 0 Å². The van der Waals surface area contributed by atoms with Crippen LogP contribution < -0.4 is 5.32 Å². The smallest absolute Gasteiger partial charge is 0.254 e. The van der Waals surface area contributed by atoms with Gasteiger partial charge in [-0.1, -0.05) is 12.1 Å². The molecule has 7 heteroatoms. The van der Waals surface area contributed by atoms with E-state index in [2.05, 4.69) is 20.3 Å². The Balaban J connectivity index is 1.65. The molecule has 2 heterocycles. The predicted octanol–water partition coefficient (Wildman–Crippen LogP) is 4.14. The quantitative estimate of drug-likeness (QED) is 0.544. The maximum absolute atomic E-state index is 14.5. The van der Waals surface area contributed by atoms with Crippen molar-refractivity contribution >= 4 is 22.6 Å². The Bertz CT molecular complexity index is 1210. The molecule has 0 aliphatic carbocycles. The highest BCUT2D eigenvalue weighted by Crippen LogP contribution is 2.28. The first-order chi connectivity index (χ1) is 14.6. The lowest BCUT2D eigenvalue weighted by Gasteiger charge is -2.18. The summed E-state index contributed by atoms with van der Waals surface area (Å²) in [6.07, 6.45) is 4.63. The van der Waals surface area contributed by atoms with Crippen LogP contribution in [0.5, 0.6) is 0 Å². The minimum Gasteiger partial charge on any atom is -0.373 e. The number of carbonyl (C=O) groups excluding carboxylic acids is 1. The number of hydrogen-bond acceptors (Lipinski definition) is 5. The second kappa shape index (κ2) is 8.24. The third kappa shape index (κ3) is 3.82. The van der Waals surface area contributed by atoms with Gasteiger partial charge >= 0.3 is 0 Å². The van der Waals surface area contributed by atoms with Crippen LogP contribution in [0.25, 0.3) is 22.0 Å². The fourth-order valence-electron chi connectivity index (χ4n) is 3.35. The number of hydrogen-bond donors (Lipinski definition) is 1. The molecule has 0 atom stereocenters. The number of nitrogens with one attached hydrogen (secondary N) is 1. The molecular weight excluding hydrogens is 381 g/mol. The molecule has 2 aromatic heterocycles. The van der Waals surface area contributed by atoms with Gasteiger partial charge in [-0.05, 0) is 47.5 Å². The van der Waals surface area contributed by atoms with E-state index in [0.29, 0.717) is 11.1 Å². The molecule has 2 aromatic carbocycles. The lowest BCUT2D eigenvalue weighted by molar-refractivity contribution is 0.0783. The molecule has 4 aromatic rings. The second-order valence-corrected chi connectivity index (χ2v) is 6.91. The van der Waals surface area contributed by atoms with Gasteiger partial charge in [-0.2, -0.15) is 0 Å². The highest BCUT2D eigenvalue weighted by Gasteiger charge is 2.15. The first kappa shape index (κ1) is 19.4. The fourth-order valence-corrected chi connectivity index (χ4v) is 3.35. The van der Waals surface area contributed by atoms with Crippen molar-refractivity contribution in [2.24, 2.45) is 0 Å². The van der Waals surface area contributed by atoms with E-state index >= 15 is 0 Å². The van der Waals surface area contributed by atoms with Crippen LogP contribution in [0, 0.1) is 5.82 Å². The van der Waals surface area contributed by atoms with Gasteiger partial charge in [0.05, 0.1) is 5.52 Å². The zero-order valence-corrected chi connectivity index (χ0v) is 16.6. The number of anilines is 1. The molecule has 0 radical (unpaired) electrons. The van der Waals surface area contributed by atoms with Crippen molar-refractivity contribution in [3.63, 3.8) is 0 Å². The largest absolute Gasteiger partial charge is 0.373 e. The molecule has 0 fully saturated rings. The van der Waals surface area contributed by atoms with E-state index in [9.17, 15) is 9.18 Å². The van der Waals surface area contributed by atoms with Crippen LogP contribution in [0.2, 0.25) is 0 Å². The van der Waals surface area contributed by atoms with Gasteiger partial charge in [0, 0.05) is 49.5 Å². The average molecular weight is 401 g/mol. The Labute approximate surface area is 173 Å². The minimum atomic E-state index is -0.354. The van der Waals surface area contributed by atoms with Gasteiger partial charge in [0.15, 0.2) is 0 Å². The lowest BCUT2D eigenvalue weighted by atomic mass is 10.0. The maximum Gasteiger partial charge on any atom is 0.254 e. The van der Waals surface area contributed by atoms with E-state index in [1.165, 1.54) is 17.3 Å². The van der Waals surface area contributed by atoms with Crippen molar-refractivity contribution in [2.75, 3.05) is 19.4 Å². The monoisotopic (exact) mass is 401 g/mol. The summed E-state index contributed by atoms with van der Waals surface area (Å²) in [4.78, 5) is 26.5. The van der Waals surface area contributed by atoms with Crippen LogP contribution in [-0.2, 0) is 6.54 Å². The summed E-state index contributed by atoms with van der Waals surface area (Å²) in [5, 5.41) is 3.95. The summed E-state index contributed by atoms with van der Waals surface area (Å²) in [5.41, 5.74) is 3.54. The Hall–Kier alpha value is -3.87. The summed E-state index contributed by atoms with van der Waals surface area (Å²) >= 11 is 0. The van der Waals surface area contributed by atoms with Crippen LogP contribution in [0.3, 0.4) is 0 Å². The van der Waals surface area contributed by atoms with E-state index in [1.54, 1.807) is 50.8 Å². The molecule has 0 saturated carbocycles. The van der Waals surface area contributed by atoms with Gasteiger partial charge in [0.1, 0.15) is 18.0 Å². The normalized spacial score (nSPS) is 10.8. The zero-order chi connectivity index (χ0) is 21.1. The van der Waals surface area contributed by atoms with Crippen LogP contribution >= 0.6 is 0 Å². The molecule has 0 aliphatic heterocycles. The zero-order valence-electron chi connectivity index (χ0n) is 16.6. The van der Waals surface area contributed by atoms with E-state index < -0.39 is 0 Å². The molecule has 150 valence electrons. The molecule has 6 nitrogen and oxygen atoms in total. The average Bonchev–Trinajstić information content (AvgIpc) is 2.79. The summed E-state index contributed by atoms with van der Waals surface area (Å²) in [7, 11) is 3.46. The topological polar surface area (TPSA) is 71.0 Å². The molecule has 0 saturated heterocycles. The number of pyridine rings is 1. The molecule has 0 aliphatic rings. The number of halogens is 1. The van der Waals surface area contributed by atoms with Gasteiger partial charge < -0.3 is 10.2 Å². The van der Waals surface area contributed by atoms with Crippen molar-refractivity contribution in [3.8, 4) is 11.1 Å². The van der Waals surface area contributed by atoms with Crippen molar-refractivity contribution in [3.05, 3.63) is 84.2 Å². The van der Waals surface area contributed by atoms with Gasteiger partial charge in [-0.15, -0.1) is 0 Å². The predicted molar refractivity (Wildman–Crippen MR) is 115 cm³/mol. The molecule has 0 spiro atoms. The van der Waals surface area contributed by atoms with Gasteiger partial charge in [-0.3, -0.25) is 9.78 Å². The second-order valence-electron chi connectivity index (χ2n) is 6.91. The molecule has 4 rings (SSSR count). The van der Waals surface area contributed by atoms with Crippen molar-refractivity contribution in [1.82, 2.24) is 19.9 Å². The standard InChI is InChI=1S/C23H20FN5O/c1-25-22-19-12-17(4-6-21(19)27-14-28-22)16-3-5-20(24)18(11-16)13-29(2)23(30)15-7-9-26-10-8-15/h3-12,14H,13H2,1-2H3,(H,25,27,28). The van der Waals surface area contributed by atoms with Gasteiger partial charge in [0.2, 0.25) is 0 Å². The Morgan fingerprint density at radius 3 is 2.53 bits per heavy atom. The molecule has 1 N–H and O–H groups in total. The minimum absolute atomic E-state index is 0.152. The Kier molecular flexibility index (Phi) is 5.34. The highest BCUT2D eigenvalue weighted by molar-refractivity contribution is 5.94. The van der Waals surface area contributed by atoms with Crippen LogP contribution in [0.4, 0.5) is 10.2 Å². The van der Waals surface area contributed by atoms with Crippen molar-refractivity contribution < 1.29 is 9.18 Å². The third-order valence-corrected chi connectivity index (χ3v) is 4.93. The Morgan fingerprint density at radius 2 is 1.77 bits per heavy atom. The van der Waals surface area contributed by atoms with Crippen LogP contribution in [0.1, 0.15) is 15.9 Å². The first-order valence-electron chi connectivity index (χ1n) is 9.43. The van der Waals surface area contributed by atoms with Gasteiger partial charge in [-0.25, -0.2) is 14.4 Å². The number of aromatic nitrogens is 3. The van der Waals surface area contributed by atoms with E-state index in [-0.39, 0.29) is 18.3 Å². The van der Waals surface area contributed by atoms with Crippen molar-refractivity contribution in [1.29, 1.82) is 0 Å². The third-order valence-electron chi connectivity index (χ3n) is 4.93. The van der Waals surface area contributed by atoms with E-state index in [1.807, 2.05) is 18.2 Å². The summed E-state index contributed by atoms with van der Waals surface area (Å²) in [5.74, 6) is 0.184. The number of fused-ring (bicyclic) bond motifs is 1. The Morgan fingerprint density at radius 1 is 1.03 bits per heavy atom. The SMILES string of the molecule is CNc1ncnc2ccc(-c3ccc(F)c(CN(C)C(=O)c4ccncc4)c3)cc12. The maximum atomic E-state index is 14.5. The molecule has 1 amide bonds. The summed E-state index contributed by atoms with van der Waals surface area (Å²) < 4.78 is 14.5. The van der Waals surface area contributed by atoms with Gasteiger partial charge in [0.25, 0.3) is 5.91 Å². The van der Waals surface area contributed by atoms with Crippen LogP contribution in [0.15, 0.2) is 67.3 Å². The fraction of sp³-hybridized carbons (Fsp3) is 0.130. The first-order valence-corrected chi connectivity index (χ1v) is 9.43. The van der Waals surface area contributed by atoms with Crippen molar-refractivity contribution in [2.45, 2.75) is 6.54 Å². The highest BCUT2D eigenvalue weighted by atomic mass is 19.1. The molecule has 30 heavy (non-hydrogen) atoms. The summed E-state index contributed by atoms with van der Waals surface area (Å²) in [6, 6.07) is 14.0. The molecule has 0 unspecified atom stereocenters. The van der Waals surface area contributed by atoms with E-state index in [0.717, 1.165) is 27.8 Å². The van der Waals surface area contributed by atoms with Crippen LogP contribution in [-0.4, -0.2) is 39.9 Å². The molecular formula is C23H20FN5O. The number of nitrogens with zero attached hydrogens (tertiary/aromatic N) is 4.